The van der Waals surface area contributed by atoms with Crippen LogP contribution in [0.5, 0.6) is 11.5 Å². The third-order valence-corrected chi connectivity index (χ3v) is 18.8. The molecular weight excluding hydrogens is 1140 g/mol. The number of halogens is 1. The van der Waals surface area contributed by atoms with Crippen molar-refractivity contribution in [2.24, 2.45) is 11.3 Å². The number of fused-ring (bicyclic) bond motifs is 2. The lowest BCUT2D eigenvalue weighted by Crippen LogP contribution is -2.54. The van der Waals surface area contributed by atoms with Crippen LogP contribution in [0.25, 0.3) is 16.6 Å². The molecule has 0 radical (unpaired) electrons. The van der Waals surface area contributed by atoms with Crippen LogP contribution in [0.3, 0.4) is 0 Å². The van der Waals surface area contributed by atoms with Crippen LogP contribution in [-0.4, -0.2) is 139 Å². The maximum Gasteiger partial charge on any atom is 0.293 e. The van der Waals surface area contributed by atoms with Gasteiger partial charge in [0.25, 0.3) is 33.4 Å². The number of sulfonamides is 1. The summed E-state index contributed by atoms with van der Waals surface area (Å²) >= 11 is 6.27. The van der Waals surface area contributed by atoms with Gasteiger partial charge in [0.2, 0.25) is 11.8 Å². The third-order valence-electron chi connectivity index (χ3n) is 17.3. The van der Waals surface area contributed by atoms with Crippen molar-refractivity contribution in [3.05, 3.63) is 146 Å². The fraction of sp³-hybridized carbons (Fsp3) is 0.397. The van der Waals surface area contributed by atoms with Gasteiger partial charge in [0.1, 0.15) is 28.9 Å². The summed E-state index contributed by atoms with van der Waals surface area (Å²) < 4.78 is 36.5. The van der Waals surface area contributed by atoms with Crippen LogP contribution in [0.1, 0.15) is 115 Å². The number of nitro benzene ring substituents is 1. The Kier molecular flexibility index (Phi) is 17.6. The van der Waals surface area contributed by atoms with Crippen LogP contribution >= 0.6 is 11.6 Å². The highest BCUT2D eigenvalue weighted by Gasteiger charge is 2.46. The largest absolute Gasteiger partial charge is 0.455 e. The van der Waals surface area contributed by atoms with Gasteiger partial charge in [-0.3, -0.25) is 49.2 Å². The highest BCUT2D eigenvalue weighted by Crippen LogP contribution is 2.44. The smallest absolute Gasteiger partial charge is 0.293 e. The quantitative estimate of drug-likeness (QED) is 0.0194. The number of unbranched alkanes of at least 4 members (excludes halogenated alkanes) is 2. The van der Waals surface area contributed by atoms with Gasteiger partial charge in [-0.15, -0.1) is 0 Å². The topological polar surface area (TPSA) is 262 Å². The van der Waals surface area contributed by atoms with Crippen LogP contribution in [0, 0.1) is 21.4 Å². The number of benzene rings is 4. The van der Waals surface area contributed by atoms with Gasteiger partial charge in [0, 0.05) is 92.3 Å². The van der Waals surface area contributed by atoms with E-state index in [0.29, 0.717) is 48.3 Å². The van der Waals surface area contributed by atoms with Crippen molar-refractivity contribution >= 4 is 90.5 Å². The van der Waals surface area contributed by atoms with Crippen molar-refractivity contribution in [1.29, 1.82) is 0 Å². The zero-order valence-corrected chi connectivity index (χ0v) is 49.7. The molecule has 4 aliphatic heterocycles. The van der Waals surface area contributed by atoms with Crippen molar-refractivity contribution in [3.63, 3.8) is 0 Å². The predicted molar refractivity (Wildman–Crippen MR) is 328 cm³/mol. The summed E-state index contributed by atoms with van der Waals surface area (Å²) in [4.78, 5) is 91.9. The summed E-state index contributed by atoms with van der Waals surface area (Å²) in [5.74, 6) is -2.50. The predicted octanol–water partition coefficient (Wildman–Crippen LogP) is 9.63. The lowest BCUT2D eigenvalue weighted by molar-refractivity contribution is -0.384. The average molecular weight is 1210 g/mol. The average Bonchev–Trinajstić information content (AvgIpc) is 2.05. The first-order chi connectivity index (χ1) is 41.4. The number of piperazine rings is 1. The molecule has 5 N–H and O–H groups in total. The minimum absolute atomic E-state index is 0.0489. The number of carbonyl (C=O) groups excluding carboxylic acids is 5. The number of nitrogens with zero attached hydrogens (tertiary/aromatic N) is 6. The van der Waals surface area contributed by atoms with E-state index in [9.17, 15) is 42.5 Å². The highest BCUT2D eigenvalue weighted by molar-refractivity contribution is 7.90. The van der Waals surface area contributed by atoms with Crippen LogP contribution in [0.15, 0.2) is 114 Å². The lowest BCUT2D eigenvalue weighted by Gasteiger charge is -2.39. The molecule has 1 atom stereocenters. The molecule has 3 saturated heterocycles. The van der Waals surface area contributed by atoms with Crippen LogP contribution in [0.4, 0.5) is 22.7 Å². The van der Waals surface area contributed by atoms with E-state index >= 15 is 0 Å². The number of rotatable bonds is 21. The number of aromatic nitrogens is 2. The molecule has 86 heavy (non-hydrogen) atoms. The molecule has 21 nitrogen and oxygen atoms in total. The molecule has 5 aliphatic rings. The number of H-pyrrole nitrogens is 1. The number of piperidine rings is 2. The summed E-state index contributed by atoms with van der Waals surface area (Å²) in [7, 11) is -4.64. The van der Waals surface area contributed by atoms with Gasteiger partial charge < -0.3 is 30.2 Å². The van der Waals surface area contributed by atoms with Crippen molar-refractivity contribution in [2.45, 2.75) is 89.0 Å². The molecule has 5 amide bonds. The first-order valence-electron chi connectivity index (χ1n) is 29.5. The molecule has 2 aromatic heterocycles. The first-order valence-corrected chi connectivity index (χ1v) is 31.3. The van der Waals surface area contributed by atoms with Gasteiger partial charge in [-0.25, -0.2) is 18.1 Å². The second-order valence-electron chi connectivity index (χ2n) is 23.8. The number of anilines is 3. The summed E-state index contributed by atoms with van der Waals surface area (Å²) in [6.45, 7) is 12.1. The van der Waals surface area contributed by atoms with Gasteiger partial charge in [0.05, 0.1) is 32.7 Å². The van der Waals surface area contributed by atoms with Crippen molar-refractivity contribution in [2.75, 3.05) is 81.0 Å². The summed E-state index contributed by atoms with van der Waals surface area (Å²) in [5, 5.41) is 22.7. The molecule has 1 unspecified atom stereocenters. The number of amides is 5. The van der Waals surface area contributed by atoms with Gasteiger partial charge >= 0.3 is 0 Å². The monoisotopic (exact) mass is 1210 g/mol. The fourth-order valence-corrected chi connectivity index (χ4v) is 13.5. The Balaban J connectivity index is 0.670. The zero-order valence-electron chi connectivity index (χ0n) is 48.2. The Morgan fingerprint density at radius 1 is 0.849 bits per heavy atom. The third kappa shape index (κ3) is 13.4. The first kappa shape index (κ1) is 59.5. The maximum absolute atomic E-state index is 14.2. The zero-order chi connectivity index (χ0) is 60.3. The van der Waals surface area contributed by atoms with Gasteiger partial charge in [-0.05, 0) is 154 Å². The SMILES string of the molecule is CC1(C)CCC(CN2CCN(c3ccc(C(=O)NS(=O)(=O)c4ccc(NCC5CCN(CCCCCNc6cccc7c6C(=O)N(C6CCC(=O)NC6=O)C7=O)CC5)c([N+](=O)[O-])c4)c(Oc4cnc5[nH]ccc5c4)c3)CC2)=C(c2ccc(Cl)cc2)C1. The van der Waals surface area contributed by atoms with E-state index in [1.165, 1.54) is 41.1 Å². The normalized spacial score (nSPS) is 18.8. The number of likely N-dealkylation sites (tertiary alicyclic amines) is 1. The number of hydrogen-bond acceptors (Lipinski definition) is 16. The Labute approximate surface area is 504 Å². The number of hydrogen-bond donors (Lipinski definition) is 5. The van der Waals surface area contributed by atoms with Gasteiger partial charge in [-0.2, -0.15) is 0 Å². The minimum Gasteiger partial charge on any atom is -0.455 e. The van der Waals surface area contributed by atoms with Crippen molar-refractivity contribution < 1.29 is 42.1 Å². The minimum atomic E-state index is -4.64. The Bertz CT molecular complexity index is 3760. The Morgan fingerprint density at radius 3 is 2.41 bits per heavy atom. The van der Waals surface area contributed by atoms with E-state index in [2.05, 4.69) is 71.3 Å². The Morgan fingerprint density at radius 2 is 1.64 bits per heavy atom. The molecular formula is C63H70ClN11O10S. The molecule has 0 spiro atoms. The van der Waals surface area contributed by atoms with E-state index < -0.39 is 61.1 Å². The lowest BCUT2D eigenvalue weighted by atomic mass is 9.72. The number of imide groups is 2. The summed E-state index contributed by atoms with van der Waals surface area (Å²) in [6, 6.07) is 24.3. The van der Waals surface area contributed by atoms with Gasteiger partial charge in [-0.1, -0.05) is 55.6 Å². The molecule has 450 valence electrons. The molecule has 6 aromatic rings. The number of pyridine rings is 1. The van der Waals surface area contributed by atoms with Crippen LogP contribution in [-0.2, 0) is 19.6 Å². The van der Waals surface area contributed by atoms with E-state index in [-0.39, 0.29) is 52.3 Å². The number of nitrogens with one attached hydrogen (secondary N) is 5. The molecule has 23 heteroatoms. The molecule has 1 aliphatic carbocycles. The second kappa shape index (κ2) is 25.4. The molecule has 11 rings (SSSR count). The second-order valence-corrected chi connectivity index (χ2v) is 25.9. The molecule has 6 heterocycles. The van der Waals surface area contributed by atoms with Crippen molar-refractivity contribution in [1.82, 2.24) is 34.7 Å². The van der Waals surface area contributed by atoms with Crippen LogP contribution < -0.4 is 30.3 Å². The summed E-state index contributed by atoms with van der Waals surface area (Å²) in [5.41, 5.74) is 6.35. The fourth-order valence-electron chi connectivity index (χ4n) is 12.4. The number of carbonyl (C=O) groups is 5. The molecule has 3 fully saturated rings. The van der Waals surface area contributed by atoms with E-state index in [4.69, 9.17) is 16.3 Å². The standard InChI is InChI=1S/C63H70ClN11O10S/c1-63(2)23-19-43(50(36-63)41-9-11-44(64)12-10-41)39-72-29-31-73(32-30-72)45-13-15-48(55(34-45)85-46-33-42-20-25-66-58(42)68-38-46)59(77)70-86(83,84)47-14-16-51(54(35-47)75(81)82)67-37-40-21-27-71(28-22-40)26-5-3-4-24-65-52-8-6-7-49-57(52)62(80)74(61(49)79)53-17-18-56(76)69-60(53)78/h6-16,20,25,33-35,38,40,53,65,67H,3-5,17-19,21-24,26-32,36-37,39H2,1-2H3,(H,66,68)(H,70,77)(H,69,76,78). The number of aromatic amines is 1. The maximum atomic E-state index is 14.2. The molecule has 4 aromatic carbocycles. The highest BCUT2D eigenvalue weighted by atomic mass is 35.5. The molecule has 0 saturated carbocycles. The van der Waals surface area contributed by atoms with Crippen molar-refractivity contribution in [3.8, 4) is 11.5 Å². The van der Waals surface area contributed by atoms with Crippen LogP contribution in [0.2, 0.25) is 5.02 Å². The number of allylic oxidation sites excluding steroid dienone is 1. The number of nitro groups is 1. The number of ether oxygens (including phenoxy) is 1. The van der Waals surface area contributed by atoms with E-state index in [1.807, 2.05) is 18.2 Å². The van der Waals surface area contributed by atoms with E-state index in [0.717, 1.165) is 113 Å². The Hall–Kier alpha value is -8.18. The van der Waals surface area contributed by atoms with E-state index in [1.54, 1.807) is 42.6 Å². The molecule has 0 bridgehead atoms. The summed E-state index contributed by atoms with van der Waals surface area (Å²) in [6.07, 6.45) is 10.9. The van der Waals surface area contributed by atoms with Gasteiger partial charge in [0.15, 0.2) is 0 Å².